The number of anilines is 3. The summed E-state index contributed by atoms with van der Waals surface area (Å²) < 4.78 is 35.3. The van der Waals surface area contributed by atoms with Crippen LogP contribution in [-0.4, -0.2) is 62.4 Å². The van der Waals surface area contributed by atoms with Crippen molar-refractivity contribution in [3.8, 4) is 0 Å². The van der Waals surface area contributed by atoms with Gasteiger partial charge in [-0.05, 0) is 17.7 Å². The van der Waals surface area contributed by atoms with Gasteiger partial charge in [-0.2, -0.15) is 0 Å². The normalized spacial score (nSPS) is 19.1. The number of nitrogens with two attached hydrogens (primary N) is 1. The molecule has 34 heavy (non-hydrogen) atoms. The molecule has 2 aromatic carbocycles. The van der Waals surface area contributed by atoms with Crippen LogP contribution in [0.3, 0.4) is 0 Å². The Hall–Kier alpha value is -3.44. The van der Waals surface area contributed by atoms with Crippen molar-refractivity contribution in [2.45, 2.75) is 19.6 Å². The molecule has 2 amide bonds. The number of hydrogen-bond acceptors (Lipinski definition) is 7. The Morgan fingerprint density at radius 2 is 1.88 bits per heavy atom. The molecule has 0 aromatic heterocycles. The first kappa shape index (κ1) is 23.7. The van der Waals surface area contributed by atoms with Gasteiger partial charge in [-0.3, -0.25) is 15.1 Å². The van der Waals surface area contributed by atoms with E-state index in [4.69, 9.17) is 10.5 Å². The number of nitrogen functional groups attached to an aromatic ring is 1. The Bertz CT molecular complexity index is 1030. The molecule has 182 valence electrons. The van der Waals surface area contributed by atoms with Crippen LogP contribution >= 0.6 is 0 Å². The molecule has 2 aromatic rings. The van der Waals surface area contributed by atoms with Crippen LogP contribution in [-0.2, 0) is 16.1 Å². The van der Waals surface area contributed by atoms with Gasteiger partial charge in [0.25, 0.3) is 0 Å². The van der Waals surface area contributed by atoms with Gasteiger partial charge in [-0.15, -0.1) is 0 Å². The van der Waals surface area contributed by atoms with Crippen molar-refractivity contribution in [2.75, 3.05) is 54.8 Å². The lowest BCUT2D eigenvalue weighted by atomic mass is 10.2. The van der Waals surface area contributed by atoms with Crippen LogP contribution < -0.4 is 26.3 Å². The van der Waals surface area contributed by atoms with Gasteiger partial charge in [0.05, 0.1) is 18.8 Å². The second kappa shape index (κ2) is 10.2. The molecule has 2 aliphatic heterocycles. The van der Waals surface area contributed by atoms with Crippen LogP contribution in [0.2, 0.25) is 0 Å². The van der Waals surface area contributed by atoms with Crippen molar-refractivity contribution < 1.29 is 23.1 Å². The topological polar surface area (TPSA) is 103 Å². The SMILES string of the molecule is CC(=O)NC[C@H]1CN(c2cc(F)c(N3CCNN(Cc4ccc(N)cc4)CC3)c(F)c2)C(=O)O1. The molecule has 0 bridgehead atoms. The van der Waals surface area contributed by atoms with E-state index in [-0.39, 0.29) is 30.4 Å². The van der Waals surface area contributed by atoms with Crippen molar-refractivity contribution in [2.24, 2.45) is 0 Å². The minimum absolute atomic E-state index is 0.0759. The molecule has 1 atom stereocenters. The van der Waals surface area contributed by atoms with Crippen LogP contribution in [0.5, 0.6) is 0 Å². The highest BCUT2D eigenvalue weighted by Crippen LogP contribution is 2.31. The number of amides is 2. The number of nitrogens with zero attached hydrogens (tertiary/aromatic N) is 3. The molecule has 0 saturated carbocycles. The van der Waals surface area contributed by atoms with E-state index in [2.05, 4.69) is 10.7 Å². The number of carbonyl (C=O) groups excluding carboxylic acids is 2. The maximum atomic E-state index is 15.1. The Morgan fingerprint density at radius 1 is 1.18 bits per heavy atom. The highest BCUT2D eigenvalue weighted by atomic mass is 19.1. The van der Waals surface area contributed by atoms with Crippen LogP contribution in [0.4, 0.5) is 30.6 Å². The number of ether oxygens (including phenoxy) is 1. The van der Waals surface area contributed by atoms with Crippen LogP contribution in [0.15, 0.2) is 36.4 Å². The summed E-state index contributed by atoms with van der Waals surface area (Å²) in [6.07, 6.45) is -1.30. The molecule has 2 heterocycles. The van der Waals surface area contributed by atoms with Gasteiger partial charge in [0, 0.05) is 57.5 Å². The summed E-state index contributed by atoms with van der Waals surface area (Å²) in [7, 11) is 0. The largest absolute Gasteiger partial charge is 0.442 e. The summed E-state index contributed by atoms with van der Waals surface area (Å²) in [5, 5.41) is 4.57. The molecule has 2 saturated heterocycles. The van der Waals surface area contributed by atoms with E-state index in [9.17, 15) is 9.59 Å². The fourth-order valence-electron chi connectivity index (χ4n) is 4.08. The van der Waals surface area contributed by atoms with Gasteiger partial charge in [0.2, 0.25) is 5.91 Å². The Balaban J connectivity index is 1.42. The zero-order valence-electron chi connectivity index (χ0n) is 18.9. The van der Waals surface area contributed by atoms with Gasteiger partial charge in [0.15, 0.2) is 11.6 Å². The highest BCUT2D eigenvalue weighted by Gasteiger charge is 2.34. The van der Waals surface area contributed by atoms with Crippen molar-refractivity contribution in [1.29, 1.82) is 0 Å². The summed E-state index contributed by atoms with van der Waals surface area (Å²) in [5.41, 5.74) is 10.7. The summed E-state index contributed by atoms with van der Waals surface area (Å²) >= 11 is 0. The molecule has 9 nitrogen and oxygen atoms in total. The average Bonchev–Trinajstić information content (AvgIpc) is 3.01. The Labute approximate surface area is 196 Å². The second-order valence-corrected chi connectivity index (χ2v) is 8.37. The number of benzene rings is 2. The Kier molecular flexibility index (Phi) is 7.13. The van der Waals surface area contributed by atoms with E-state index in [1.165, 1.54) is 11.8 Å². The first-order valence-electron chi connectivity index (χ1n) is 11.1. The standard InChI is InChI=1S/C23H28F2N6O3/c1-15(32)27-12-19-14-31(23(33)34-19)18-10-20(24)22(21(25)11-18)29-7-6-28-30(9-8-29)13-16-2-4-17(26)5-3-16/h2-5,10-11,19,28H,6-9,12-14,26H2,1H3,(H,27,32)/t19-/m0/s1. The van der Waals surface area contributed by atoms with Crippen LogP contribution in [0.1, 0.15) is 12.5 Å². The molecule has 0 spiro atoms. The number of cyclic esters (lactones) is 1. The van der Waals surface area contributed by atoms with Crippen molar-refractivity contribution in [3.63, 3.8) is 0 Å². The van der Waals surface area contributed by atoms with Gasteiger partial charge >= 0.3 is 6.09 Å². The number of nitrogens with one attached hydrogen (secondary N) is 2. The molecule has 0 radical (unpaired) electrons. The number of rotatable bonds is 6. The molecule has 4 rings (SSSR count). The third kappa shape index (κ3) is 5.54. The molecule has 0 unspecified atom stereocenters. The first-order chi connectivity index (χ1) is 16.3. The van der Waals surface area contributed by atoms with E-state index >= 15 is 8.78 Å². The average molecular weight is 475 g/mol. The van der Waals surface area contributed by atoms with Crippen molar-refractivity contribution in [1.82, 2.24) is 15.8 Å². The smallest absolute Gasteiger partial charge is 0.414 e. The summed E-state index contributed by atoms with van der Waals surface area (Å²) in [5.74, 6) is -1.75. The number of carbonyl (C=O) groups is 2. The second-order valence-electron chi connectivity index (χ2n) is 8.37. The van der Waals surface area contributed by atoms with E-state index in [1.54, 1.807) is 4.90 Å². The van der Waals surface area contributed by atoms with E-state index in [1.807, 2.05) is 29.3 Å². The van der Waals surface area contributed by atoms with Crippen molar-refractivity contribution >= 4 is 29.1 Å². The Morgan fingerprint density at radius 3 is 2.56 bits per heavy atom. The van der Waals surface area contributed by atoms with Gasteiger partial charge < -0.3 is 20.7 Å². The molecule has 2 aliphatic rings. The van der Waals surface area contributed by atoms with Crippen LogP contribution in [0, 0.1) is 11.6 Å². The van der Waals surface area contributed by atoms with Crippen LogP contribution in [0.25, 0.3) is 0 Å². The zero-order valence-corrected chi connectivity index (χ0v) is 18.9. The number of hydrazine groups is 1. The quantitative estimate of drug-likeness (QED) is 0.549. The molecular weight excluding hydrogens is 446 g/mol. The van der Waals surface area contributed by atoms with E-state index in [0.717, 1.165) is 17.7 Å². The maximum Gasteiger partial charge on any atom is 0.414 e. The first-order valence-corrected chi connectivity index (χ1v) is 11.1. The predicted molar refractivity (Wildman–Crippen MR) is 124 cm³/mol. The lowest BCUT2D eigenvalue weighted by Gasteiger charge is -2.25. The zero-order chi connectivity index (χ0) is 24.2. The van der Waals surface area contributed by atoms with Gasteiger partial charge in [0.1, 0.15) is 11.8 Å². The minimum Gasteiger partial charge on any atom is -0.442 e. The van der Waals surface area contributed by atoms with E-state index in [0.29, 0.717) is 38.4 Å². The molecule has 2 fully saturated rings. The monoisotopic (exact) mass is 474 g/mol. The molecule has 11 heteroatoms. The highest BCUT2D eigenvalue weighted by molar-refractivity contribution is 5.90. The summed E-state index contributed by atoms with van der Waals surface area (Å²) in [6.45, 7) is 4.10. The molecule has 0 aliphatic carbocycles. The third-order valence-corrected chi connectivity index (χ3v) is 5.79. The number of hydrogen-bond donors (Lipinski definition) is 3. The lowest BCUT2D eigenvalue weighted by Crippen LogP contribution is -2.38. The number of halogens is 2. The fraction of sp³-hybridized carbons (Fsp3) is 0.391. The van der Waals surface area contributed by atoms with Gasteiger partial charge in [-0.25, -0.2) is 18.6 Å². The lowest BCUT2D eigenvalue weighted by molar-refractivity contribution is -0.119. The minimum atomic E-state index is -0.750. The third-order valence-electron chi connectivity index (χ3n) is 5.79. The van der Waals surface area contributed by atoms with Crippen molar-refractivity contribution in [3.05, 3.63) is 53.6 Å². The molecular formula is C23H28F2N6O3. The maximum absolute atomic E-state index is 15.1. The summed E-state index contributed by atoms with van der Waals surface area (Å²) in [6, 6.07) is 9.85. The molecule has 4 N–H and O–H groups in total. The predicted octanol–water partition coefficient (Wildman–Crippen LogP) is 1.84. The van der Waals surface area contributed by atoms with E-state index < -0.39 is 23.8 Å². The fourth-order valence-corrected chi connectivity index (χ4v) is 4.08. The van der Waals surface area contributed by atoms with Gasteiger partial charge in [-0.1, -0.05) is 12.1 Å². The summed E-state index contributed by atoms with van der Waals surface area (Å²) in [4.78, 5) is 26.1.